The van der Waals surface area contributed by atoms with Gasteiger partial charge in [-0.25, -0.2) is 0 Å². The highest BCUT2D eigenvalue weighted by Crippen LogP contribution is 2.13. The normalized spacial score (nSPS) is 13.2. The number of aryl methyl sites for hydroxylation is 3. The van der Waals surface area contributed by atoms with E-state index in [0.717, 1.165) is 25.3 Å². The summed E-state index contributed by atoms with van der Waals surface area (Å²) in [4.78, 5) is 0. The molecule has 1 heterocycles. The van der Waals surface area contributed by atoms with Gasteiger partial charge in [-0.2, -0.15) is 5.10 Å². The minimum Gasteiger partial charge on any atom is -0.314 e. The van der Waals surface area contributed by atoms with E-state index in [1.54, 1.807) is 0 Å². The van der Waals surface area contributed by atoms with Gasteiger partial charge in [0.05, 0.1) is 5.69 Å². The van der Waals surface area contributed by atoms with Gasteiger partial charge in [0.2, 0.25) is 0 Å². The highest BCUT2D eigenvalue weighted by Gasteiger charge is 2.12. The number of hydrogen-bond acceptors (Lipinski definition) is 2. The van der Waals surface area contributed by atoms with Gasteiger partial charge in [0.1, 0.15) is 0 Å². The Morgan fingerprint density at radius 3 is 2.58 bits per heavy atom. The first-order chi connectivity index (χ1) is 9.06. The summed E-state index contributed by atoms with van der Waals surface area (Å²) in [6.07, 6.45) is 5.83. The maximum atomic E-state index is 4.53. The zero-order valence-corrected chi connectivity index (χ0v) is 13.4. The first kappa shape index (κ1) is 16.2. The average Bonchev–Trinajstić information content (AvgIpc) is 2.73. The fraction of sp³-hybridized carbons (Fsp3) is 0.812. The van der Waals surface area contributed by atoms with Crippen LogP contribution in [0.4, 0.5) is 0 Å². The maximum absolute atomic E-state index is 4.53. The molecule has 0 saturated carbocycles. The summed E-state index contributed by atoms with van der Waals surface area (Å²) in [6, 6.07) is 2.90. The molecule has 3 heteroatoms. The third-order valence-electron chi connectivity index (χ3n) is 3.58. The summed E-state index contributed by atoms with van der Waals surface area (Å²) in [7, 11) is 2.06. The third-order valence-corrected chi connectivity index (χ3v) is 3.58. The summed E-state index contributed by atoms with van der Waals surface area (Å²) in [5.74, 6) is 0.757. The topological polar surface area (TPSA) is 29.9 Å². The van der Waals surface area contributed by atoms with Crippen molar-refractivity contribution >= 4 is 0 Å². The van der Waals surface area contributed by atoms with Gasteiger partial charge < -0.3 is 5.32 Å². The Morgan fingerprint density at radius 2 is 2.05 bits per heavy atom. The Kier molecular flexibility index (Phi) is 7.14. The lowest BCUT2D eigenvalue weighted by atomic mass is 9.98. The van der Waals surface area contributed by atoms with Gasteiger partial charge in [-0.1, -0.05) is 27.7 Å². The molecule has 0 aromatic carbocycles. The van der Waals surface area contributed by atoms with Gasteiger partial charge in [-0.15, -0.1) is 0 Å². The molecule has 1 rings (SSSR count). The maximum Gasteiger partial charge on any atom is 0.0624 e. The third kappa shape index (κ3) is 5.77. The summed E-state index contributed by atoms with van der Waals surface area (Å²) in [5, 5.41) is 8.21. The van der Waals surface area contributed by atoms with Crippen LogP contribution in [-0.4, -0.2) is 22.4 Å². The van der Waals surface area contributed by atoms with Crippen LogP contribution in [0.15, 0.2) is 6.07 Å². The Labute approximate surface area is 118 Å². The highest BCUT2D eigenvalue weighted by atomic mass is 15.3. The van der Waals surface area contributed by atoms with Crippen molar-refractivity contribution in [3.63, 3.8) is 0 Å². The predicted octanol–water partition coefficient (Wildman–Crippen LogP) is 3.33. The minimum atomic E-state index is 0.639. The van der Waals surface area contributed by atoms with Crippen LogP contribution in [0, 0.1) is 5.92 Å². The van der Waals surface area contributed by atoms with Gasteiger partial charge in [0.25, 0.3) is 0 Å². The monoisotopic (exact) mass is 265 g/mol. The summed E-state index contributed by atoms with van der Waals surface area (Å²) >= 11 is 0. The molecule has 3 nitrogen and oxygen atoms in total. The molecule has 1 unspecified atom stereocenters. The summed E-state index contributed by atoms with van der Waals surface area (Å²) < 4.78 is 2.05. The molecule has 0 amide bonds. The van der Waals surface area contributed by atoms with Crippen LogP contribution in [0.5, 0.6) is 0 Å². The van der Waals surface area contributed by atoms with Crippen molar-refractivity contribution < 1.29 is 0 Å². The fourth-order valence-corrected chi connectivity index (χ4v) is 2.52. The van der Waals surface area contributed by atoms with Crippen molar-refractivity contribution in [1.82, 2.24) is 15.1 Å². The van der Waals surface area contributed by atoms with E-state index in [4.69, 9.17) is 0 Å². The van der Waals surface area contributed by atoms with Crippen molar-refractivity contribution in [3.05, 3.63) is 17.5 Å². The van der Waals surface area contributed by atoms with Gasteiger partial charge in [0.15, 0.2) is 0 Å². The first-order valence-corrected chi connectivity index (χ1v) is 7.81. The van der Waals surface area contributed by atoms with E-state index in [-0.39, 0.29) is 0 Å². The van der Waals surface area contributed by atoms with Crippen molar-refractivity contribution in [1.29, 1.82) is 0 Å². The molecule has 19 heavy (non-hydrogen) atoms. The van der Waals surface area contributed by atoms with Gasteiger partial charge >= 0.3 is 0 Å². The van der Waals surface area contributed by atoms with E-state index in [9.17, 15) is 0 Å². The van der Waals surface area contributed by atoms with Crippen LogP contribution < -0.4 is 5.32 Å². The molecule has 1 aromatic heterocycles. The largest absolute Gasteiger partial charge is 0.314 e. The van der Waals surface area contributed by atoms with E-state index in [2.05, 4.69) is 51.2 Å². The lowest BCUT2D eigenvalue weighted by Crippen LogP contribution is -2.31. The molecule has 0 aliphatic rings. The lowest BCUT2D eigenvalue weighted by Gasteiger charge is -2.20. The molecule has 0 aliphatic carbocycles. The SMILES string of the molecule is CCCNC(CCc1cc(CC)nn1C)CC(C)C. The smallest absolute Gasteiger partial charge is 0.0624 e. The van der Waals surface area contributed by atoms with E-state index in [1.807, 2.05) is 4.68 Å². The zero-order valence-electron chi connectivity index (χ0n) is 13.4. The number of aromatic nitrogens is 2. The lowest BCUT2D eigenvalue weighted by molar-refractivity contribution is 0.396. The molecular weight excluding hydrogens is 234 g/mol. The highest BCUT2D eigenvalue weighted by molar-refractivity contribution is 5.10. The van der Waals surface area contributed by atoms with E-state index in [0.29, 0.717) is 6.04 Å². The van der Waals surface area contributed by atoms with Gasteiger partial charge in [-0.05, 0) is 50.6 Å². The Balaban J connectivity index is 2.51. The Bertz CT molecular complexity index is 355. The van der Waals surface area contributed by atoms with Gasteiger partial charge in [0, 0.05) is 18.8 Å². The second kappa shape index (κ2) is 8.36. The van der Waals surface area contributed by atoms with E-state index in [1.165, 1.54) is 30.7 Å². The zero-order chi connectivity index (χ0) is 14.3. The minimum absolute atomic E-state index is 0.639. The van der Waals surface area contributed by atoms with Crippen molar-refractivity contribution in [2.75, 3.05) is 6.54 Å². The molecule has 0 saturated heterocycles. The first-order valence-electron chi connectivity index (χ1n) is 7.81. The molecule has 0 spiro atoms. The molecule has 0 bridgehead atoms. The second-order valence-corrected chi connectivity index (χ2v) is 5.92. The average molecular weight is 265 g/mol. The quantitative estimate of drug-likeness (QED) is 0.742. The molecule has 0 fully saturated rings. The van der Waals surface area contributed by atoms with Crippen molar-refractivity contribution in [2.45, 2.75) is 65.8 Å². The van der Waals surface area contributed by atoms with Crippen molar-refractivity contribution in [2.24, 2.45) is 13.0 Å². The fourth-order valence-electron chi connectivity index (χ4n) is 2.52. The Morgan fingerprint density at radius 1 is 1.32 bits per heavy atom. The van der Waals surface area contributed by atoms with Crippen LogP contribution in [0.2, 0.25) is 0 Å². The number of nitrogens with one attached hydrogen (secondary N) is 1. The number of nitrogens with zero attached hydrogens (tertiary/aromatic N) is 2. The Hall–Kier alpha value is -0.830. The second-order valence-electron chi connectivity index (χ2n) is 5.92. The molecule has 1 atom stereocenters. The summed E-state index contributed by atoms with van der Waals surface area (Å²) in [6.45, 7) is 10.1. The van der Waals surface area contributed by atoms with Crippen LogP contribution in [0.25, 0.3) is 0 Å². The molecule has 110 valence electrons. The van der Waals surface area contributed by atoms with Crippen LogP contribution in [0.3, 0.4) is 0 Å². The molecular formula is C16H31N3. The number of rotatable bonds is 9. The summed E-state index contributed by atoms with van der Waals surface area (Å²) in [5.41, 5.74) is 2.57. The van der Waals surface area contributed by atoms with Crippen LogP contribution in [-0.2, 0) is 19.9 Å². The van der Waals surface area contributed by atoms with E-state index >= 15 is 0 Å². The standard InChI is InChI=1S/C16H31N3/c1-6-10-17-15(11-13(3)4)8-9-16-12-14(7-2)18-19(16)5/h12-13,15,17H,6-11H2,1-5H3. The van der Waals surface area contributed by atoms with Crippen LogP contribution >= 0.6 is 0 Å². The predicted molar refractivity (Wildman–Crippen MR) is 82.4 cm³/mol. The molecule has 0 aliphatic heterocycles. The van der Waals surface area contributed by atoms with Crippen molar-refractivity contribution in [3.8, 4) is 0 Å². The van der Waals surface area contributed by atoms with E-state index < -0.39 is 0 Å². The molecule has 0 radical (unpaired) electrons. The number of hydrogen-bond donors (Lipinski definition) is 1. The molecule has 1 aromatic rings. The van der Waals surface area contributed by atoms with Gasteiger partial charge in [-0.3, -0.25) is 4.68 Å². The molecule has 1 N–H and O–H groups in total. The van der Waals surface area contributed by atoms with Crippen LogP contribution in [0.1, 0.15) is 58.3 Å².